The lowest BCUT2D eigenvalue weighted by Crippen LogP contribution is -2.55. The van der Waals surface area contributed by atoms with E-state index in [-0.39, 0.29) is 37.2 Å². The summed E-state index contributed by atoms with van der Waals surface area (Å²) in [5, 5.41) is 0. The Hall–Kier alpha value is -1.80. The summed E-state index contributed by atoms with van der Waals surface area (Å²) in [5.41, 5.74) is -4.58. The maximum atomic E-state index is 14.1. The van der Waals surface area contributed by atoms with Gasteiger partial charge >= 0.3 is 24.1 Å². The van der Waals surface area contributed by atoms with E-state index in [1.54, 1.807) is 6.92 Å². The Bertz CT molecular complexity index is 686. The molecule has 6 nitrogen and oxygen atoms in total. The molecule has 2 bridgehead atoms. The van der Waals surface area contributed by atoms with Gasteiger partial charge in [0.25, 0.3) is 0 Å². The van der Waals surface area contributed by atoms with Gasteiger partial charge in [-0.1, -0.05) is 13.8 Å². The fourth-order valence-corrected chi connectivity index (χ4v) is 4.93. The van der Waals surface area contributed by atoms with Crippen molar-refractivity contribution in [2.24, 2.45) is 29.1 Å². The third-order valence-corrected chi connectivity index (χ3v) is 6.83. The van der Waals surface area contributed by atoms with E-state index in [4.69, 9.17) is 9.47 Å². The normalized spacial score (nSPS) is 37.7. The Morgan fingerprint density at radius 3 is 2.29 bits per heavy atom. The van der Waals surface area contributed by atoms with Crippen LogP contribution in [0.1, 0.15) is 47.0 Å². The Morgan fingerprint density at radius 1 is 1.18 bits per heavy atom. The minimum Gasteiger partial charge on any atom is -0.463 e. The number of rotatable bonds is 4. The van der Waals surface area contributed by atoms with E-state index in [1.165, 1.54) is 0 Å². The summed E-state index contributed by atoms with van der Waals surface area (Å²) in [6.45, 7) is 6.05. The first-order chi connectivity index (χ1) is 12.8. The Morgan fingerprint density at radius 2 is 1.82 bits per heavy atom. The van der Waals surface area contributed by atoms with Crippen LogP contribution in [-0.4, -0.2) is 42.4 Å². The number of fused-ring (bicyclic) bond motifs is 2. The highest BCUT2D eigenvalue weighted by Gasteiger charge is 2.74. The van der Waals surface area contributed by atoms with Crippen molar-refractivity contribution in [2.45, 2.75) is 64.8 Å². The van der Waals surface area contributed by atoms with Crippen LogP contribution in [0.4, 0.5) is 13.2 Å². The smallest absolute Gasteiger partial charge is 0.405 e. The van der Waals surface area contributed by atoms with Gasteiger partial charge in [0.1, 0.15) is 0 Å². The zero-order chi connectivity index (χ0) is 21.1. The minimum absolute atomic E-state index is 0.0906. The number of ether oxygens (including phenoxy) is 3. The van der Waals surface area contributed by atoms with E-state index < -0.39 is 47.1 Å². The van der Waals surface area contributed by atoms with E-state index in [1.807, 2.05) is 6.92 Å². The highest BCUT2D eigenvalue weighted by Crippen LogP contribution is 2.66. The first kappa shape index (κ1) is 20.9. The molecule has 0 aromatic carbocycles. The highest BCUT2D eigenvalue weighted by atomic mass is 19.4. The van der Waals surface area contributed by atoms with Crippen molar-refractivity contribution in [3.05, 3.63) is 0 Å². The first-order valence-electron chi connectivity index (χ1n) is 9.49. The molecule has 1 heterocycles. The van der Waals surface area contributed by atoms with Crippen LogP contribution in [0.25, 0.3) is 0 Å². The highest BCUT2D eigenvalue weighted by molar-refractivity contribution is 5.88. The molecule has 6 atom stereocenters. The number of carbonyl (C=O) groups is 3. The van der Waals surface area contributed by atoms with Crippen LogP contribution in [0.15, 0.2) is 0 Å². The predicted molar refractivity (Wildman–Crippen MR) is 88.7 cm³/mol. The zero-order valence-corrected chi connectivity index (χ0v) is 16.3. The van der Waals surface area contributed by atoms with Gasteiger partial charge in [0.2, 0.25) is 11.7 Å². The van der Waals surface area contributed by atoms with Crippen molar-refractivity contribution in [2.75, 3.05) is 6.61 Å². The second kappa shape index (κ2) is 6.62. The van der Waals surface area contributed by atoms with Gasteiger partial charge in [-0.2, -0.15) is 13.2 Å². The van der Waals surface area contributed by atoms with E-state index in [9.17, 15) is 27.6 Å². The molecular weight excluding hydrogens is 381 g/mol. The predicted octanol–water partition coefficient (Wildman–Crippen LogP) is 3.03. The summed E-state index contributed by atoms with van der Waals surface area (Å²) in [4.78, 5) is 36.6. The Balaban J connectivity index is 1.79. The summed E-state index contributed by atoms with van der Waals surface area (Å²) in [6, 6.07) is 0. The molecule has 0 aromatic heterocycles. The number of hydrogen-bond donors (Lipinski definition) is 0. The molecule has 2 saturated carbocycles. The van der Waals surface area contributed by atoms with Crippen LogP contribution in [0.2, 0.25) is 0 Å². The van der Waals surface area contributed by atoms with Crippen LogP contribution in [-0.2, 0) is 28.6 Å². The molecule has 1 aliphatic heterocycles. The van der Waals surface area contributed by atoms with Gasteiger partial charge in [0.15, 0.2) is 5.41 Å². The lowest BCUT2D eigenvalue weighted by molar-refractivity contribution is -0.260. The fraction of sp³-hybridized carbons (Fsp3) is 0.842. The second-order valence-corrected chi connectivity index (χ2v) is 8.74. The number of cyclic esters (lactones) is 1. The summed E-state index contributed by atoms with van der Waals surface area (Å²) in [7, 11) is 0. The topological polar surface area (TPSA) is 78.9 Å². The third-order valence-electron chi connectivity index (χ3n) is 6.83. The monoisotopic (exact) mass is 406 g/mol. The van der Waals surface area contributed by atoms with Crippen molar-refractivity contribution in [3.63, 3.8) is 0 Å². The Kier molecular flexibility index (Phi) is 4.95. The molecule has 0 radical (unpaired) electrons. The van der Waals surface area contributed by atoms with E-state index >= 15 is 0 Å². The maximum Gasteiger partial charge on any atom is 0.405 e. The molecule has 158 valence electrons. The molecule has 2 aliphatic carbocycles. The van der Waals surface area contributed by atoms with Gasteiger partial charge in [-0.3, -0.25) is 4.79 Å². The van der Waals surface area contributed by atoms with Gasteiger partial charge in [-0.25, -0.2) is 9.59 Å². The molecule has 3 aliphatic rings. The molecule has 3 fully saturated rings. The van der Waals surface area contributed by atoms with Gasteiger partial charge in [-0.15, -0.1) is 0 Å². The van der Waals surface area contributed by atoms with Crippen molar-refractivity contribution < 1.29 is 41.8 Å². The van der Waals surface area contributed by atoms with Gasteiger partial charge in [0.05, 0.1) is 6.61 Å². The fourth-order valence-electron chi connectivity index (χ4n) is 4.93. The van der Waals surface area contributed by atoms with Crippen LogP contribution >= 0.6 is 0 Å². The molecular formula is C19H25F3O6. The van der Waals surface area contributed by atoms with Crippen molar-refractivity contribution >= 4 is 17.9 Å². The number of hydrogen-bond acceptors (Lipinski definition) is 6. The first-order valence-corrected chi connectivity index (χ1v) is 9.49. The quantitative estimate of drug-likeness (QED) is 0.528. The van der Waals surface area contributed by atoms with Crippen molar-refractivity contribution in [1.29, 1.82) is 0 Å². The Labute approximate surface area is 161 Å². The second-order valence-electron chi connectivity index (χ2n) is 8.74. The van der Waals surface area contributed by atoms with Gasteiger partial charge in [-0.05, 0) is 50.4 Å². The lowest BCUT2D eigenvalue weighted by Gasteiger charge is -2.43. The maximum absolute atomic E-state index is 14.1. The number of carbonyl (C=O) groups excluding carboxylic acids is 3. The van der Waals surface area contributed by atoms with Crippen LogP contribution in [0.5, 0.6) is 0 Å². The minimum atomic E-state index is -4.78. The summed E-state index contributed by atoms with van der Waals surface area (Å²) in [6.07, 6.45) is -5.78. The molecule has 3 rings (SSSR count). The molecule has 28 heavy (non-hydrogen) atoms. The molecule has 9 heteroatoms. The number of esters is 3. The average Bonchev–Trinajstić information content (AvgIpc) is 3.23. The molecule has 1 saturated heterocycles. The zero-order valence-electron chi connectivity index (χ0n) is 16.3. The number of alkyl halides is 3. The van der Waals surface area contributed by atoms with Crippen molar-refractivity contribution in [3.8, 4) is 0 Å². The molecule has 0 N–H and O–H groups in total. The van der Waals surface area contributed by atoms with E-state index in [0.717, 1.165) is 13.8 Å². The largest absolute Gasteiger partial charge is 0.463 e. The SMILES string of the molecule is CC1C2CC(C1C)C(C(=O)OC(C)(C)C(=O)OC1CCOC1=O)(C(F)(F)F)C2. The standard InChI is InChI=1S/C19H25F3O6/c1-9-10(2)12-7-11(9)8-18(12,19(20,21)22)16(25)28-17(3,4)15(24)27-13-5-6-26-14(13)23/h9-13H,5-8H2,1-4H3. The molecule has 0 spiro atoms. The van der Waals surface area contributed by atoms with E-state index in [0.29, 0.717) is 6.42 Å². The molecule has 0 aromatic rings. The summed E-state index contributed by atoms with van der Waals surface area (Å²) in [5.74, 6) is -4.52. The molecule has 0 amide bonds. The van der Waals surface area contributed by atoms with E-state index in [2.05, 4.69) is 4.74 Å². The summed E-state index contributed by atoms with van der Waals surface area (Å²) < 4.78 is 57.1. The van der Waals surface area contributed by atoms with Gasteiger partial charge < -0.3 is 14.2 Å². The third kappa shape index (κ3) is 3.06. The lowest BCUT2D eigenvalue weighted by atomic mass is 9.65. The van der Waals surface area contributed by atoms with Gasteiger partial charge in [0, 0.05) is 6.42 Å². The van der Waals surface area contributed by atoms with Crippen LogP contribution < -0.4 is 0 Å². The molecule has 6 unspecified atom stereocenters. The van der Waals surface area contributed by atoms with Crippen molar-refractivity contribution in [1.82, 2.24) is 0 Å². The van der Waals surface area contributed by atoms with Crippen LogP contribution in [0.3, 0.4) is 0 Å². The van der Waals surface area contributed by atoms with Crippen LogP contribution in [0, 0.1) is 29.1 Å². The summed E-state index contributed by atoms with van der Waals surface area (Å²) >= 11 is 0. The average molecular weight is 406 g/mol. The number of halogens is 3.